The van der Waals surface area contributed by atoms with Gasteiger partial charge >= 0.3 is 0 Å². The molecule has 0 N–H and O–H groups in total. The number of benzene rings is 8. The Bertz CT molecular complexity index is 2960. The van der Waals surface area contributed by atoms with Crippen LogP contribution in [0, 0.1) is 0 Å². The molecule has 0 amide bonds. The molecule has 264 valence electrons. The zero-order valence-corrected chi connectivity index (χ0v) is 32.4. The largest absolute Gasteiger partial charge is 0.307 e. The van der Waals surface area contributed by atoms with Crippen molar-refractivity contribution in [3.63, 3.8) is 0 Å². The topological polar surface area (TPSA) is 9.86 Å². The number of para-hydroxylation sites is 5. The molecular weight excluding hydrogens is 681 g/mol. The SMILES string of the molecule is CC(C)(C)[Si](c1ccccc1)(c1ccccc1)c1cccc2c3ccccc3n(-c3cccc4c5ccccc5n(-c5ccccc5-c5ccccc5)c34)c12. The van der Waals surface area contributed by atoms with Crippen molar-refractivity contribution in [2.75, 3.05) is 0 Å². The summed E-state index contributed by atoms with van der Waals surface area (Å²) in [5.74, 6) is 0. The summed E-state index contributed by atoms with van der Waals surface area (Å²) in [6.07, 6.45) is 0. The lowest BCUT2D eigenvalue weighted by Gasteiger charge is -2.45. The van der Waals surface area contributed by atoms with Gasteiger partial charge in [-0.1, -0.05) is 197 Å². The van der Waals surface area contributed by atoms with Crippen molar-refractivity contribution in [3.8, 4) is 22.5 Å². The third kappa shape index (κ3) is 4.93. The lowest BCUT2D eigenvalue weighted by molar-refractivity contribution is 0.739. The van der Waals surface area contributed by atoms with Gasteiger partial charge < -0.3 is 9.13 Å². The molecule has 0 aliphatic rings. The highest BCUT2D eigenvalue weighted by molar-refractivity contribution is 7.14. The van der Waals surface area contributed by atoms with Crippen molar-refractivity contribution >= 4 is 67.2 Å². The van der Waals surface area contributed by atoms with Gasteiger partial charge in [-0.25, -0.2) is 0 Å². The average molecular weight is 723 g/mol. The van der Waals surface area contributed by atoms with Crippen LogP contribution in [-0.4, -0.2) is 17.2 Å². The summed E-state index contributed by atoms with van der Waals surface area (Å²) in [4.78, 5) is 0. The number of nitrogens with zero attached hydrogens (tertiary/aromatic N) is 2. The van der Waals surface area contributed by atoms with Gasteiger partial charge in [0.1, 0.15) is 0 Å². The Morgan fingerprint density at radius 3 is 1.40 bits per heavy atom. The van der Waals surface area contributed by atoms with Crippen molar-refractivity contribution in [3.05, 3.63) is 200 Å². The van der Waals surface area contributed by atoms with E-state index in [9.17, 15) is 0 Å². The number of hydrogen-bond donors (Lipinski definition) is 0. The van der Waals surface area contributed by atoms with Crippen LogP contribution >= 0.6 is 0 Å². The molecule has 8 aromatic carbocycles. The van der Waals surface area contributed by atoms with Crippen molar-refractivity contribution in [2.45, 2.75) is 25.8 Å². The number of rotatable bonds is 6. The Morgan fingerprint density at radius 2 is 0.800 bits per heavy atom. The van der Waals surface area contributed by atoms with E-state index in [1.165, 1.54) is 81.7 Å². The smallest absolute Gasteiger partial charge is 0.156 e. The number of hydrogen-bond acceptors (Lipinski definition) is 0. The van der Waals surface area contributed by atoms with E-state index >= 15 is 0 Å². The summed E-state index contributed by atoms with van der Waals surface area (Å²) in [5, 5.41) is 9.22. The highest BCUT2D eigenvalue weighted by Crippen LogP contribution is 2.43. The minimum absolute atomic E-state index is 0.0825. The molecule has 0 saturated heterocycles. The molecule has 0 atom stereocenters. The predicted octanol–water partition coefficient (Wildman–Crippen LogP) is 11.8. The summed E-state index contributed by atoms with van der Waals surface area (Å²) in [7, 11) is -2.77. The van der Waals surface area contributed by atoms with Gasteiger partial charge in [-0.3, -0.25) is 0 Å². The van der Waals surface area contributed by atoms with E-state index in [-0.39, 0.29) is 5.04 Å². The molecule has 0 unspecified atom stereocenters. The fourth-order valence-electron chi connectivity index (χ4n) is 9.66. The lowest BCUT2D eigenvalue weighted by atomic mass is 10.0. The van der Waals surface area contributed by atoms with Gasteiger partial charge in [-0.2, -0.15) is 0 Å². The summed E-state index contributed by atoms with van der Waals surface area (Å²) in [5.41, 5.74) is 9.65. The van der Waals surface area contributed by atoms with Crippen molar-refractivity contribution in [1.82, 2.24) is 9.13 Å². The van der Waals surface area contributed by atoms with E-state index < -0.39 is 8.07 Å². The molecule has 0 aliphatic heterocycles. The van der Waals surface area contributed by atoms with Crippen LogP contribution in [0.2, 0.25) is 5.04 Å². The van der Waals surface area contributed by atoms with Gasteiger partial charge in [-0.05, 0) is 50.4 Å². The van der Waals surface area contributed by atoms with Gasteiger partial charge in [0.05, 0.1) is 33.4 Å². The Kier molecular flexibility index (Phi) is 7.76. The molecule has 3 heteroatoms. The molecule has 10 aromatic rings. The molecule has 0 aliphatic carbocycles. The van der Waals surface area contributed by atoms with Crippen molar-refractivity contribution in [1.29, 1.82) is 0 Å². The van der Waals surface area contributed by atoms with Crippen LogP contribution in [0.4, 0.5) is 0 Å². The van der Waals surface area contributed by atoms with Crippen LogP contribution < -0.4 is 15.6 Å². The fraction of sp³-hybridized carbons (Fsp3) is 0.0769. The van der Waals surface area contributed by atoms with Crippen LogP contribution in [0.5, 0.6) is 0 Å². The standard InChI is InChI=1S/C52H42N2Si/c1-52(2,3)55(38-23-9-5-10-24-38,39-25-11-6-12-26-39)49-36-20-31-44-42-29-15-18-34-47(42)54(51(44)49)48-35-19-30-43-41-28-14-17-33-46(41)53(50(43)48)45-32-16-13-27-40(45)37-21-7-4-8-22-37/h4-36H,1-3H3. The third-order valence-corrected chi connectivity index (χ3v) is 17.6. The first-order valence-electron chi connectivity index (χ1n) is 19.3. The minimum Gasteiger partial charge on any atom is -0.307 e. The molecule has 0 bridgehead atoms. The second kappa shape index (κ2) is 12.9. The molecule has 10 rings (SSSR count). The second-order valence-electron chi connectivity index (χ2n) is 15.7. The maximum Gasteiger partial charge on any atom is 0.156 e. The van der Waals surface area contributed by atoms with Crippen LogP contribution in [0.15, 0.2) is 200 Å². The fourth-order valence-corrected chi connectivity index (χ4v) is 15.5. The molecule has 2 aromatic heterocycles. The quantitative estimate of drug-likeness (QED) is 0.119. The predicted molar refractivity (Wildman–Crippen MR) is 238 cm³/mol. The van der Waals surface area contributed by atoms with Gasteiger partial charge in [0, 0.05) is 27.1 Å². The number of aromatic nitrogens is 2. The van der Waals surface area contributed by atoms with Crippen molar-refractivity contribution in [2.24, 2.45) is 0 Å². The molecule has 0 saturated carbocycles. The highest BCUT2D eigenvalue weighted by atomic mass is 28.3. The zero-order chi connectivity index (χ0) is 37.1. The minimum atomic E-state index is -2.77. The lowest BCUT2D eigenvalue weighted by Crippen LogP contribution is -2.72. The summed E-state index contributed by atoms with van der Waals surface area (Å²) in [6.45, 7) is 7.39. The first-order valence-corrected chi connectivity index (χ1v) is 21.3. The Morgan fingerprint density at radius 1 is 0.364 bits per heavy atom. The van der Waals surface area contributed by atoms with E-state index in [0.717, 1.165) is 0 Å². The maximum atomic E-state index is 2.61. The molecule has 55 heavy (non-hydrogen) atoms. The molecule has 0 spiro atoms. The monoisotopic (exact) mass is 722 g/mol. The normalized spacial score (nSPS) is 12.3. The Labute approximate surface area is 323 Å². The second-order valence-corrected chi connectivity index (χ2v) is 20.4. The van der Waals surface area contributed by atoms with E-state index in [1.54, 1.807) is 0 Å². The van der Waals surface area contributed by atoms with E-state index in [4.69, 9.17) is 0 Å². The zero-order valence-electron chi connectivity index (χ0n) is 31.4. The van der Waals surface area contributed by atoms with Crippen molar-refractivity contribution < 1.29 is 0 Å². The highest BCUT2D eigenvalue weighted by Gasteiger charge is 2.50. The van der Waals surface area contributed by atoms with Gasteiger partial charge in [0.25, 0.3) is 0 Å². The van der Waals surface area contributed by atoms with Crippen LogP contribution in [0.25, 0.3) is 66.1 Å². The van der Waals surface area contributed by atoms with E-state index in [0.29, 0.717) is 0 Å². The van der Waals surface area contributed by atoms with E-state index in [2.05, 4.69) is 230 Å². The summed E-state index contributed by atoms with van der Waals surface area (Å²) >= 11 is 0. The number of fused-ring (bicyclic) bond motifs is 6. The Hall–Kier alpha value is -6.42. The van der Waals surface area contributed by atoms with Gasteiger partial charge in [-0.15, -0.1) is 0 Å². The molecule has 0 fully saturated rings. The molecule has 0 radical (unpaired) electrons. The molecule has 2 heterocycles. The van der Waals surface area contributed by atoms with Crippen LogP contribution in [0.1, 0.15) is 20.8 Å². The molecular formula is C52H42N2Si. The maximum absolute atomic E-state index is 2.77. The van der Waals surface area contributed by atoms with Gasteiger partial charge in [0.15, 0.2) is 8.07 Å². The third-order valence-electron chi connectivity index (χ3n) is 11.8. The van der Waals surface area contributed by atoms with Crippen LogP contribution in [0.3, 0.4) is 0 Å². The summed E-state index contributed by atoms with van der Waals surface area (Å²) < 4.78 is 5.14. The van der Waals surface area contributed by atoms with Gasteiger partial charge in [0.2, 0.25) is 0 Å². The van der Waals surface area contributed by atoms with E-state index in [1.807, 2.05) is 0 Å². The summed E-state index contributed by atoms with van der Waals surface area (Å²) in [6, 6.07) is 74.3. The average Bonchev–Trinajstić information content (AvgIpc) is 3.75. The van der Waals surface area contributed by atoms with Crippen LogP contribution in [-0.2, 0) is 0 Å². The Balaban J connectivity index is 1.41. The molecule has 2 nitrogen and oxygen atoms in total. The first kappa shape index (κ1) is 33.2. The first-order chi connectivity index (χ1) is 27.0.